The Kier molecular flexibility index (Phi) is 5.90. The summed E-state index contributed by atoms with van der Waals surface area (Å²) < 4.78 is 26.0. The zero-order valence-electron chi connectivity index (χ0n) is 13.1. The summed E-state index contributed by atoms with van der Waals surface area (Å²) in [5.41, 5.74) is 1.75. The molecule has 0 aromatic heterocycles. The van der Waals surface area contributed by atoms with Crippen molar-refractivity contribution in [3.63, 3.8) is 0 Å². The van der Waals surface area contributed by atoms with Crippen molar-refractivity contribution >= 4 is 54.8 Å². The fraction of sp³-hybridized carbons (Fsp3) is 0.188. The van der Waals surface area contributed by atoms with E-state index in [1.807, 2.05) is 13.0 Å². The van der Waals surface area contributed by atoms with Gasteiger partial charge in [0.05, 0.1) is 11.9 Å². The van der Waals surface area contributed by atoms with Crippen molar-refractivity contribution in [2.45, 2.75) is 6.92 Å². The van der Waals surface area contributed by atoms with Crippen LogP contribution in [0.2, 0.25) is 5.02 Å². The molecule has 0 aliphatic carbocycles. The van der Waals surface area contributed by atoms with Crippen LogP contribution in [-0.2, 0) is 14.8 Å². The van der Waals surface area contributed by atoms with E-state index < -0.39 is 15.9 Å². The predicted molar refractivity (Wildman–Crippen MR) is 101 cm³/mol. The maximum Gasteiger partial charge on any atom is 0.245 e. The second kappa shape index (κ2) is 7.55. The standard InChI is InChI=1S/C16H16BrClN2O3S/c1-11-6-7-14(9-15(11)18)20(24(2,22)23)10-16(21)19-13-5-3-4-12(17)8-13/h3-9H,10H2,1-2H3,(H,19,21). The minimum atomic E-state index is -3.64. The Labute approximate surface area is 154 Å². The van der Waals surface area contributed by atoms with Crippen molar-refractivity contribution < 1.29 is 13.2 Å². The van der Waals surface area contributed by atoms with Gasteiger partial charge in [0.1, 0.15) is 6.54 Å². The normalized spacial score (nSPS) is 11.2. The van der Waals surface area contributed by atoms with E-state index in [-0.39, 0.29) is 6.54 Å². The Morgan fingerprint density at radius 1 is 1.25 bits per heavy atom. The van der Waals surface area contributed by atoms with Gasteiger partial charge in [-0.15, -0.1) is 0 Å². The molecular weight excluding hydrogens is 416 g/mol. The molecule has 0 heterocycles. The molecule has 0 bridgehead atoms. The van der Waals surface area contributed by atoms with E-state index in [1.54, 1.807) is 30.3 Å². The Hall–Kier alpha value is -1.57. The third-order valence-corrected chi connectivity index (χ3v) is 5.28. The van der Waals surface area contributed by atoms with Gasteiger partial charge in [-0.1, -0.05) is 39.7 Å². The summed E-state index contributed by atoms with van der Waals surface area (Å²) in [6, 6.07) is 11.9. The van der Waals surface area contributed by atoms with Gasteiger partial charge in [0.15, 0.2) is 0 Å². The fourth-order valence-corrected chi connectivity index (χ4v) is 3.46. The molecule has 128 valence electrons. The van der Waals surface area contributed by atoms with Gasteiger partial charge in [0.25, 0.3) is 0 Å². The number of nitrogens with one attached hydrogen (secondary N) is 1. The first kappa shape index (κ1) is 18.8. The van der Waals surface area contributed by atoms with Gasteiger partial charge in [0.2, 0.25) is 15.9 Å². The van der Waals surface area contributed by atoms with E-state index in [2.05, 4.69) is 21.2 Å². The third kappa shape index (κ3) is 4.96. The summed E-state index contributed by atoms with van der Waals surface area (Å²) >= 11 is 9.38. The highest BCUT2D eigenvalue weighted by Gasteiger charge is 2.21. The molecule has 8 heteroatoms. The zero-order valence-corrected chi connectivity index (χ0v) is 16.2. The van der Waals surface area contributed by atoms with Crippen LogP contribution in [0, 0.1) is 6.92 Å². The van der Waals surface area contributed by atoms with E-state index in [0.717, 1.165) is 20.6 Å². The van der Waals surface area contributed by atoms with Crippen LogP contribution in [0.15, 0.2) is 46.9 Å². The third-order valence-electron chi connectivity index (χ3n) is 3.24. The van der Waals surface area contributed by atoms with E-state index in [1.165, 1.54) is 6.07 Å². The number of benzene rings is 2. The van der Waals surface area contributed by atoms with Gasteiger partial charge in [-0.05, 0) is 42.8 Å². The number of halogens is 2. The van der Waals surface area contributed by atoms with Crippen LogP contribution < -0.4 is 9.62 Å². The van der Waals surface area contributed by atoms with Gasteiger partial charge in [-0.3, -0.25) is 9.10 Å². The van der Waals surface area contributed by atoms with Gasteiger partial charge < -0.3 is 5.32 Å². The molecule has 0 spiro atoms. The monoisotopic (exact) mass is 430 g/mol. The number of hydrogen-bond donors (Lipinski definition) is 1. The molecule has 2 aromatic rings. The summed E-state index contributed by atoms with van der Waals surface area (Å²) in [5.74, 6) is -0.449. The van der Waals surface area contributed by atoms with Crippen LogP contribution in [0.25, 0.3) is 0 Å². The average molecular weight is 432 g/mol. The maximum absolute atomic E-state index is 12.2. The lowest BCUT2D eigenvalue weighted by molar-refractivity contribution is -0.114. The molecule has 0 saturated heterocycles. The quantitative estimate of drug-likeness (QED) is 0.783. The van der Waals surface area contributed by atoms with E-state index in [4.69, 9.17) is 11.6 Å². The second-order valence-electron chi connectivity index (χ2n) is 5.26. The topological polar surface area (TPSA) is 66.5 Å². The first-order valence-electron chi connectivity index (χ1n) is 6.96. The smallest absolute Gasteiger partial charge is 0.245 e. The number of rotatable bonds is 5. The summed E-state index contributed by atoms with van der Waals surface area (Å²) in [5, 5.41) is 3.11. The predicted octanol–water partition coefficient (Wildman–Crippen LogP) is 3.82. The Balaban J connectivity index is 2.23. The molecule has 2 aromatic carbocycles. The number of carbonyl (C=O) groups is 1. The largest absolute Gasteiger partial charge is 0.324 e. The number of carbonyl (C=O) groups excluding carboxylic acids is 1. The molecule has 0 aliphatic rings. The maximum atomic E-state index is 12.2. The van der Waals surface area contributed by atoms with Crippen LogP contribution in [0.3, 0.4) is 0 Å². The number of aryl methyl sites for hydroxylation is 1. The Morgan fingerprint density at radius 3 is 2.54 bits per heavy atom. The highest BCUT2D eigenvalue weighted by molar-refractivity contribution is 9.10. The number of sulfonamides is 1. The second-order valence-corrected chi connectivity index (χ2v) is 8.49. The van der Waals surface area contributed by atoms with E-state index >= 15 is 0 Å². The lowest BCUT2D eigenvalue weighted by Gasteiger charge is -2.22. The highest BCUT2D eigenvalue weighted by atomic mass is 79.9. The Morgan fingerprint density at radius 2 is 1.96 bits per heavy atom. The number of anilines is 2. The van der Waals surface area contributed by atoms with Crippen LogP contribution in [0.5, 0.6) is 0 Å². The van der Waals surface area contributed by atoms with Crippen molar-refractivity contribution in [1.82, 2.24) is 0 Å². The minimum Gasteiger partial charge on any atom is -0.324 e. The fourth-order valence-electron chi connectivity index (χ4n) is 2.03. The Bertz CT molecular complexity index is 871. The molecule has 0 atom stereocenters. The SMILES string of the molecule is Cc1ccc(N(CC(=O)Nc2cccc(Br)c2)S(C)(=O)=O)cc1Cl. The average Bonchev–Trinajstić information content (AvgIpc) is 2.47. The molecule has 2 rings (SSSR count). The van der Waals surface area contributed by atoms with Crippen LogP contribution in [0.1, 0.15) is 5.56 Å². The molecule has 0 saturated carbocycles. The molecule has 0 fully saturated rings. The van der Waals surface area contributed by atoms with E-state index in [0.29, 0.717) is 16.4 Å². The summed E-state index contributed by atoms with van der Waals surface area (Å²) in [4.78, 5) is 12.2. The van der Waals surface area contributed by atoms with Crippen molar-refractivity contribution in [2.75, 3.05) is 22.4 Å². The van der Waals surface area contributed by atoms with Crippen molar-refractivity contribution in [1.29, 1.82) is 0 Å². The first-order chi connectivity index (χ1) is 11.2. The molecular formula is C16H16BrClN2O3S. The molecule has 0 radical (unpaired) electrons. The highest BCUT2D eigenvalue weighted by Crippen LogP contribution is 2.25. The number of hydrogen-bond acceptors (Lipinski definition) is 3. The molecule has 1 amide bonds. The van der Waals surface area contributed by atoms with Crippen molar-refractivity contribution in [2.24, 2.45) is 0 Å². The molecule has 24 heavy (non-hydrogen) atoms. The van der Waals surface area contributed by atoms with Crippen LogP contribution in [-0.4, -0.2) is 27.1 Å². The van der Waals surface area contributed by atoms with Gasteiger partial charge in [-0.25, -0.2) is 8.42 Å². The summed E-state index contributed by atoms with van der Waals surface area (Å²) in [6.45, 7) is 1.47. The zero-order chi connectivity index (χ0) is 17.9. The lowest BCUT2D eigenvalue weighted by atomic mass is 10.2. The first-order valence-corrected chi connectivity index (χ1v) is 9.98. The summed E-state index contributed by atoms with van der Waals surface area (Å²) in [7, 11) is -3.64. The number of amides is 1. The van der Waals surface area contributed by atoms with E-state index in [9.17, 15) is 13.2 Å². The van der Waals surface area contributed by atoms with Gasteiger partial charge in [0, 0.05) is 15.2 Å². The number of nitrogens with zero attached hydrogens (tertiary/aromatic N) is 1. The van der Waals surface area contributed by atoms with Crippen LogP contribution in [0.4, 0.5) is 11.4 Å². The summed E-state index contributed by atoms with van der Waals surface area (Å²) in [6.07, 6.45) is 1.05. The van der Waals surface area contributed by atoms with Gasteiger partial charge >= 0.3 is 0 Å². The van der Waals surface area contributed by atoms with Crippen LogP contribution >= 0.6 is 27.5 Å². The molecule has 0 aliphatic heterocycles. The minimum absolute atomic E-state index is 0.343. The van der Waals surface area contributed by atoms with Gasteiger partial charge in [-0.2, -0.15) is 0 Å². The lowest BCUT2D eigenvalue weighted by Crippen LogP contribution is -2.37. The molecule has 5 nitrogen and oxygen atoms in total. The molecule has 0 unspecified atom stereocenters. The molecule has 1 N–H and O–H groups in total. The van der Waals surface area contributed by atoms with Crippen molar-refractivity contribution in [3.8, 4) is 0 Å². The van der Waals surface area contributed by atoms with Crippen molar-refractivity contribution in [3.05, 3.63) is 57.5 Å².